The van der Waals surface area contributed by atoms with Crippen molar-refractivity contribution in [1.29, 1.82) is 0 Å². The summed E-state index contributed by atoms with van der Waals surface area (Å²) in [6, 6.07) is 12.7. The van der Waals surface area contributed by atoms with Gasteiger partial charge in [0.05, 0.1) is 22.3 Å². The molecule has 1 heterocycles. The summed E-state index contributed by atoms with van der Waals surface area (Å²) in [5.74, 6) is -1.37. The number of nitrogens with one attached hydrogen (secondary N) is 1. The van der Waals surface area contributed by atoms with Gasteiger partial charge in [0.25, 0.3) is 0 Å². The van der Waals surface area contributed by atoms with Crippen LogP contribution < -0.4 is 9.03 Å². The third-order valence-corrected chi connectivity index (χ3v) is 7.58. The van der Waals surface area contributed by atoms with Gasteiger partial charge >= 0.3 is 0 Å². The normalized spacial score (nSPS) is 19.4. The molecular formula is C18H20N2O5S2. The van der Waals surface area contributed by atoms with Crippen molar-refractivity contribution in [3.8, 4) is 0 Å². The van der Waals surface area contributed by atoms with Crippen LogP contribution in [0.5, 0.6) is 0 Å². The van der Waals surface area contributed by atoms with Crippen molar-refractivity contribution in [2.24, 2.45) is 5.92 Å². The summed E-state index contributed by atoms with van der Waals surface area (Å²) in [6.45, 7) is 3.61. The zero-order valence-corrected chi connectivity index (χ0v) is 16.5. The van der Waals surface area contributed by atoms with Crippen LogP contribution in [0.2, 0.25) is 0 Å². The predicted molar refractivity (Wildman–Crippen MR) is 102 cm³/mol. The molecule has 144 valence electrons. The number of rotatable bonds is 5. The topological polar surface area (TPSA) is 101 Å². The van der Waals surface area contributed by atoms with Gasteiger partial charge in [-0.1, -0.05) is 36.8 Å². The summed E-state index contributed by atoms with van der Waals surface area (Å²) < 4.78 is 52.4. The highest BCUT2D eigenvalue weighted by Crippen LogP contribution is 2.28. The van der Waals surface area contributed by atoms with Crippen LogP contribution in [0.3, 0.4) is 0 Å². The van der Waals surface area contributed by atoms with Crippen LogP contribution in [0.4, 0.5) is 5.69 Å². The third kappa shape index (κ3) is 4.05. The maximum Gasteiger partial charge on any atom is 0.244 e. The van der Waals surface area contributed by atoms with E-state index in [0.717, 1.165) is 15.4 Å². The maximum atomic E-state index is 12.5. The Labute approximate surface area is 159 Å². The highest BCUT2D eigenvalue weighted by atomic mass is 32.2. The molecule has 1 amide bonds. The van der Waals surface area contributed by atoms with Crippen LogP contribution in [-0.2, 0) is 31.4 Å². The maximum absolute atomic E-state index is 12.5. The summed E-state index contributed by atoms with van der Waals surface area (Å²) in [4.78, 5) is 12.1. The first-order valence-electron chi connectivity index (χ1n) is 8.32. The second-order valence-corrected chi connectivity index (χ2v) is 10.2. The van der Waals surface area contributed by atoms with E-state index in [9.17, 15) is 21.6 Å². The Morgan fingerprint density at radius 1 is 1.15 bits per heavy atom. The van der Waals surface area contributed by atoms with Crippen molar-refractivity contribution in [3.63, 3.8) is 0 Å². The number of aryl methyl sites for hydroxylation is 1. The average Bonchev–Trinajstić information content (AvgIpc) is 2.80. The predicted octanol–water partition coefficient (Wildman–Crippen LogP) is 1.79. The summed E-state index contributed by atoms with van der Waals surface area (Å²) in [7, 11) is -7.49. The van der Waals surface area contributed by atoms with Gasteiger partial charge in [-0.15, -0.1) is 0 Å². The molecule has 1 N–H and O–H groups in total. The van der Waals surface area contributed by atoms with Crippen LogP contribution in [0, 0.1) is 12.8 Å². The quantitative estimate of drug-likeness (QED) is 0.813. The summed E-state index contributed by atoms with van der Waals surface area (Å²) in [5.41, 5.74) is 2.00. The molecule has 0 saturated carbocycles. The Hall–Kier alpha value is -2.23. The molecule has 2 aromatic carbocycles. The number of sulfonamides is 2. The van der Waals surface area contributed by atoms with Crippen LogP contribution >= 0.6 is 0 Å². The van der Waals surface area contributed by atoms with Crippen LogP contribution in [0.25, 0.3) is 0 Å². The molecule has 3 rings (SSSR count). The number of amides is 1. The summed E-state index contributed by atoms with van der Waals surface area (Å²) in [6.07, 6.45) is 0. The molecule has 0 radical (unpaired) electrons. The van der Waals surface area contributed by atoms with Gasteiger partial charge in [0.1, 0.15) is 0 Å². The van der Waals surface area contributed by atoms with Crippen molar-refractivity contribution in [1.82, 2.24) is 4.72 Å². The molecule has 7 nitrogen and oxygen atoms in total. The number of nitrogens with zero attached hydrogens (tertiary/aromatic N) is 1. The van der Waals surface area contributed by atoms with Gasteiger partial charge in [0, 0.05) is 6.54 Å². The molecule has 0 bridgehead atoms. The number of carbonyl (C=O) groups excluding carboxylic acids is 1. The number of carbonyl (C=O) groups is 1. The summed E-state index contributed by atoms with van der Waals surface area (Å²) in [5, 5.41) is 0. The van der Waals surface area contributed by atoms with Crippen molar-refractivity contribution < 1.29 is 21.6 Å². The standard InChI is InChI=1S/C18H20N2O5S2/c1-13-4-3-5-15(10-13)11-19-27(24,25)17-8-6-16(7-9-17)20-18(21)14(2)12-26(20,22)23/h3-10,14,19H,11-12H2,1-2H3. The van der Waals surface area contributed by atoms with Gasteiger partial charge in [-0.25, -0.2) is 25.9 Å². The SMILES string of the molecule is Cc1cccc(CNS(=O)(=O)c2ccc(N3C(=O)C(C)CS3(=O)=O)cc2)c1. The van der Waals surface area contributed by atoms with Gasteiger partial charge in [-0.2, -0.15) is 0 Å². The molecule has 1 aliphatic heterocycles. The molecule has 27 heavy (non-hydrogen) atoms. The number of benzene rings is 2. The molecule has 1 unspecified atom stereocenters. The van der Waals surface area contributed by atoms with Crippen LogP contribution in [0.1, 0.15) is 18.1 Å². The smallest absolute Gasteiger partial charge is 0.244 e. The number of anilines is 1. The average molecular weight is 409 g/mol. The summed E-state index contributed by atoms with van der Waals surface area (Å²) >= 11 is 0. The van der Waals surface area contributed by atoms with Gasteiger partial charge in [0.2, 0.25) is 26.0 Å². The van der Waals surface area contributed by atoms with E-state index in [0.29, 0.717) is 0 Å². The molecule has 2 aromatic rings. The van der Waals surface area contributed by atoms with E-state index in [1.165, 1.54) is 24.3 Å². The fourth-order valence-electron chi connectivity index (χ4n) is 2.93. The molecule has 0 spiro atoms. The Kier molecular flexibility index (Phi) is 5.11. The van der Waals surface area contributed by atoms with E-state index in [-0.39, 0.29) is 22.9 Å². The molecule has 0 aromatic heterocycles. The van der Waals surface area contributed by atoms with E-state index in [1.807, 2.05) is 31.2 Å². The zero-order valence-electron chi connectivity index (χ0n) is 14.9. The minimum absolute atomic E-state index is 0.00371. The van der Waals surface area contributed by atoms with Crippen LogP contribution in [-0.4, -0.2) is 28.5 Å². The lowest BCUT2D eigenvalue weighted by Gasteiger charge is -2.15. The van der Waals surface area contributed by atoms with Crippen molar-refractivity contribution in [2.75, 3.05) is 10.1 Å². The zero-order chi connectivity index (χ0) is 19.8. The Balaban J connectivity index is 1.79. The fraction of sp³-hybridized carbons (Fsp3) is 0.278. The highest BCUT2D eigenvalue weighted by Gasteiger charge is 2.41. The van der Waals surface area contributed by atoms with E-state index >= 15 is 0 Å². The molecule has 1 aliphatic rings. The monoisotopic (exact) mass is 408 g/mol. The van der Waals surface area contributed by atoms with Gasteiger partial charge in [-0.05, 0) is 36.8 Å². The van der Waals surface area contributed by atoms with E-state index < -0.39 is 31.9 Å². The first kappa shape index (κ1) is 19.5. The Morgan fingerprint density at radius 3 is 2.37 bits per heavy atom. The van der Waals surface area contributed by atoms with Gasteiger partial charge in [0.15, 0.2) is 0 Å². The minimum atomic E-state index is -3.77. The van der Waals surface area contributed by atoms with Crippen LogP contribution in [0.15, 0.2) is 53.4 Å². The lowest BCUT2D eigenvalue weighted by atomic mass is 10.1. The number of hydrogen-bond acceptors (Lipinski definition) is 5. The lowest BCUT2D eigenvalue weighted by Crippen LogP contribution is -2.30. The van der Waals surface area contributed by atoms with Gasteiger partial charge in [-0.3, -0.25) is 4.79 Å². The number of hydrogen-bond donors (Lipinski definition) is 1. The van der Waals surface area contributed by atoms with E-state index in [2.05, 4.69) is 4.72 Å². The second kappa shape index (κ2) is 7.06. The van der Waals surface area contributed by atoms with E-state index in [1.54, 1.807) is 6.92 Å². The molecule has 9 heteroatoms. The third-order valence-electron chi connectivity index (χ3n) is 4.29. The Bertz CT molecular complexity index is 1080. The molecule has 1 saturated heterocycles. The minimum Gasteiger partial charge on any atom is -0.273 e. The van der Waals surface area contributed by atoms with Crippen molar-refractivity contribution in [3.05, 3.63) is 59.7 Å². The second-order valence-electron chi connectivity index (χ2n) is 6.59. The largest absolute Gasteiger partial charge is 0.273 e. The fourth-order valence-corrected chi connectivity index (χ4v) is 5.77. The molecular weight excluding hydrogens is 388 g/mol. The highest BCUT2D eigenvalue weighted by molar-refractivity contribution is 7.94. The Morgan fingerprint density at radius 2 is 1.81 bits per heavy atom. The molecule has 1 atom stereocenters. The van der Waals surface area contributed by atoms with E-state index in [4.69, 9.17) is 0 Å². The van der Waals surface area contributed by atoms with Crippen molar-refractivity contribution in [2.45, 2.75) is 25.3 Å². The molecule has 1 fully saturated rings. The van der Waals surface area contributed by atoms with Gasteiger partial charge < -0.3 is 0 Å². The first-order valence-corrected chi connectivity index (χ1v) is 11.4. The molecule has 0 aliphatic carbocycles. The first-order chi connectivity index (χ1) is 12.6. The van der Waals surface area contributed by atoms with Crippen molar-refractivity contribution >= 4 is 31.6 Å². The lowest BCUT2D eigenvalue weighted by molar-refractivity contribution is -0.119.